The Labute approximate surface area is 198 Å². The molecule has 0 radical (unpaired) electrons. The van der Waals surface area contributed by atoms with Gasteiger partial charge >= 0.3 is 0 Å². The SMILES string of the molecule is CNc1ccc(-c2cnc3nccn3c2)cc1NC(=O)c1ccc(CCc2ccccc2)cc1. The number of fused-ring (bicyclic) bond motifs is 1. The fourth-order valence-corrected chi connectivity index (χ4v) is 3.96. The molecular weight excluding hydrogens is 422 g/mol. The fraction of sp³-hybridized carbons (Fsp3) is 0.107. The number of aromatic nitrogens is 3. The number of rotatable bonds is 7. The van der Waals surface area contributed by atoms with E-state index in [2.05, 4.69) is 44.9 Å². The molecule has 0 aliphatic heterocycles. The summed E-state index contributed by atoms with van der Waals surface area (Å²) in [5, 5.41) is 6.21. The topological polar surface area (TPSA) is 71.3 Å². The normalized spacial score (nSPS) is 10.9. The Morgan fingerprint density at radius 2 is 1.62 bits per heavy atom. The second-order valence-electron chi connectivity index (χ2n) is 8.12. The zero-order chi connectivity index (χ0) is 23.3. The largest absolute Gasteiger partial charge is 0.386 e. The van der Waals surface area contributed by atoms with Gasteiger partial charge in [-0.15, -0.1) is 0 Å². The van der Waals surface area contributed by atoms with Crippen LogP contribution < -0.4 is 10.6 Å². The zero-order valence-corrected chi connectivity index (χ0v) is 18.9. The van der Waals surface area contributed by atoms with Crippen molar-refractivity contribution in [1.82, 2.24) is 14.4 Å². The lowest BCUT2D eigenvalue weighted by Gasteiger charge is -2.13. The van der Waals surface area contributed by atoms with Gasteiger partial charge in [0, 0.05) is 43.0 Å². The third-order valence-electron chi connectivity index (χ3n) is 5.88. The van der Waals surface area contributed by atoms with Crippen molar-refractivity contribution in [2.75, 3.05) is 17.7 Å². The monoisotopic (exact) mass is 447 g/mol. The van der Waals surface area contributed by atoms with Gasteiger partial charge in [-0.25, -0.2) is 9.97 Å². The van der Waals surface area contributed by atoms with Gasteiger partial charge in [-0.2, -0.15) is 0 Å². The number of hydrogen-bond donors (Lipinski definition) is 2. The van der Waals surface area contributed by atoms with Gasteiger partial charge in [0.2, 0.25) is 5.78 Å². The Morgan fingerprint density at radius 1 is 0.853 bits per heavy atom. The average molecular weight is 448 g/mol. The molecule has 0 aliphatic carbocycles. The molecule has 5 aromatic rings. The number of nitrogens with one attached hydrogen (secondary N) is 2. The van der Waals surface area contributed by atoms with Crippen molar-refractivity contribution in [3.63, 3.8) is 0 Å². The van der Waals surface area contributed by atoms with E-state index >= 15 is 0 Å². The number of anilines is 2. The van der Waals surface area contributed by atoms with Crippen molar-refractivity contribution < 1.29 is 4.79 Å². The van der Waals surface area contributed by atoms with E-state index in [9.17, 15) is 4.79 Å². The molecule has 0 atom stereocenters. The summed E-state index contributed by atoms with van der Waals surface area (Å²) in [6.07, 6.45) is 9.26. The second kappa shape index (κ2) is 9.58. The van der Waals surface area contributed by atoms with Gasteiger partial charge in [0.1, 0.15) is 0 Å². The predicted molar refractivity (Wildman–Crippen MR) is 136 cm³/mol. The quantitative estimate of drug-likeness (QED) is 0.347. The van der Waals surface area contributed by atoms with E-state index in [4.69, 9.17) is 0 Å². The molecule has 5 rings (SSSR count). The standard InChI is InChI=1S/C28H25N5O/c1-29-25-14-13-23(24-18-31-28-30-15-16-33(28)19-24)17-26(25)32-27(34)22-11-9-21(10-12-22)8-7-20-5-3-2-4-6-20/h2-6,9-19,29H,7-8H2,1H3,(H,32,34). The molecule has 6 heteroatoms. The van der Waals surface area contributed by atoms with Gasteiger partial charge in [0.05, 0.1) is 11.4 Å². The molecule has 168 valence electrons. The van der Waals surface area contributed by atoms with Crippen LogP contribution in [-0.2, 0) is 12.8 Å². The third-order valence-corrected chi connectivity index (χ3v) is 5.88. The van der Waals surface area contributed by atoms with Gasteiger partial charge in [0.15, 0.2) is 0 Å². The minimum Gasteiger partial charge on any atom is -0.386 e. The Morgan fingerprint density at radius 3 is 2.38 bits per heavy atom. The van der Waals surface area contributed by atoms with Gasteiger partial charge in [-0.3, -0.25) is 9.20 Å². The number of aryl methyl sites for hydroxylation is 2. The van der Waals surface area contributed by atoms with E-state index in [1.54, 1.807) is 12.4 Å². The van der Waals surface area contributed by atoms with E-state index in [0.29, 0.717) is 17.0 Å². The number of hydrogen-bond acceptors (Lipinski definition) is 4. The summed E-state index contributed by atoms with van der Waals surface area (Å²) in [7, 11) is 1.84. The summed E-state index contributed by atoms with van der Waals surface area (Å²) in [6.45, 7) is 0. The van der Waals surface area contributed by atoms with Crippen LogP contribution in [0, 0.1) is 0 Å². The minimum atomic E-state index is -0.147. The molecule has 3 aromatic carbocycles. The van der Waals surface area contributed by atoms with Gasteiger partial charge in [0.25, 0.3) is 5.91 Å². The van der Waals surface area contributed by atoms with Crippen LogP contribution in [0.5, 0.6) is 0 Å². The van der Waals surface area contributed by atoms with Crippen LogP contribution in [0.3, 0.4) is 0 Å². The van der Waals surface area contributed by atoms with Gasteiger partial charge in [-0.1, -0.05) is 48.5 Å². The number of nitrogens with zero attached hydrogens (tertiary/aromatic N) is 3. The maximum atomic E-state index is 13.0. The van der Waals surface area contributed by atoms with E-state index < -0.39 is 0 Å². The van der Waals surface area contributed by atoms with Crippen LogP contribution >= 0.6 is 0 Å². The van der Waals surface area contributed by atoms with Crippen molar-refractivity contribution in [2.24, 2.45) is 0 Å². The first-order chi connectivity index (χ1) is 16.7. The molecule has 2 aromatic heterocycles. The minimum absolute atomic E-state index is 0.147. The summed E-state index contributed by atoms with van der Waals surface area (Å²) < 4.78 is 1.87. The highest BCUT2D eigenvalue weighted by Crippen LogP contribution is 2.29. The molecule has 0 bridgehead atoms. The van der Waals surface area contributed by atoms with Crippen molar-refractivity contribution >= 4 is 23.1 Å². The summed E-state index contributed by atoms with van der Waals surface area (Å²) in [6, 6.07) is 24.2. The third kappa shape index (κ3) is 4.66. The highest BCUT2D eigenvalue weighted by molar-refractivity contribution is 6.06. The summed E-state index contributed by atoms with van der Waals surface area (Å²) in [5.41, 5.74) is 6.58. The molecule has 1 amide bonds. The lowest BCUT2D eigenvalue weighted by molar-refractivity contribution is 0.102. The Hall–Kier alpha value is -4.45. The highest BCUT2D eigenvalue weighted by atomic mass is 16.1. The van der Waals surface area contributed by atoms with E-state index in [-0.39, 0.29) is 5.91 Å². The Kier molecular flexibility index (Phi) is 6.03. The highest BCUT2D eigenvalue weighted by Gasteiger charge is 2.11. The fourth-order valence-electron chi connectivity index (χ4n) is 3.96. The molecule has 0 saturated heterocycles. The molecule has 6 nitrogen and oxygen atoms in total. The molecule has 2 heterocycles. The van der Waals surface area contributed by atoms with E-state index in [1.165, 1.54) is 11.1 Å². The molecular formula is C28H25N5O. The molecule has 0 saturated carbocycles. The van der Waals surface area contributed by atoms with Crippen LogP contribution in [-0.4, -0.2) is 27.3 Å². The number of carbonyl (C=O) groups excluding carboxylic acids is 1. The zero-order valence-electron chi connectivity index (χ0n) is 18.9. The molecule has 0 unspecified atom stereocenters. The van der Waals surface area contributed by atoms with Crippen molar-refractivity contribution in [2.45, 2.75) is 12.8 Å². The molecule has 0 aliphatic rings. The average Bonchev–Trinajstić information content (AvgIpc) is 3.36. The first kappa shape index (κ1) is 21.4. The van der Waals surface area contributed by atoms with Crippen molar-refractivity contribution in [3.8, 4) is 11.1 Å². The van der Waals surface area contributed by atoms with Crippen molar-refractivity contribution in [3.05, 3.63) is 114 Å². The predicted octanol–water partition coefficient (Wildman–Crippen LogP) is 5.48. The maximum absolute atomic E-state index is 13.0. The first-order valence-corrected chi connectivity index (χ1v) is 11.2. The summed E-state index contributed by atoms with van der Waals surface area (Å²) in [4.78, 5) is 21.6. The summed E-state index contributed by atoms with van der Waals surface area (Å²) >= 11 is 0. The van der Waals surface area contributed by atoms with Gasteiger partial charge in [-0.05, 0) is 53.8 Å². The lowest BCUT2D eigenvalue weighted by atomic mass is 10.0. The summed E-state index contributed by atoms with van der Waals surface area (Å²) in [5.74, 6) is 0.503. The molecule has 0 fully saturated rings. The van der Waals surface area contributed by atoms with Crippen LogP contribution in [0.1, 0.15) is 21.5 Å². The molecule has 2 N–H and O–H groups in total. The molecule has 34 heavy (non-hydrogen) atoms. The number of imidazole rings is 1. The van der Waals surface area contributed by atoms with Crippen LogP contribution in [0.2, 0.25) is 0 Å². The molecule has 0 spiro atoms. The van der Waals surface area contributed by atoms with Crippen LogP contribution in [0.25, 0.3) is 16.9 Å². The first-order valence-electron chi connectivity index (χ1n) is 11.2. The van der Waals surface area contributed by atoms with E-state index in [1.807, 2.05) is 72.4 Å². The second-order valence-corrected chi connectivity index (χ2v) is 8.12. The number of amides is 1. The van der Waals surface area contributed by atoms with Gasteiger partial charge < -0.3 is 10.6 Å². The Bertz CT molecular complexity index is 1420. The number of benzene rings is 3. The van der Waals surface area contributed by atoms with Crippen molar-refractivity contribution in [1.29, 1.82) is 0 Å². The van der Waals surface area contributed by atoms with Crippen LogP contribution in [0.15, 0.2) is 97.6 Å². The smallest absolute Gasteiger partial charge is 0.255 e. The van der Waals surface area contributed by atoms with E-state index in [0.717, 1.165) is 29.7 Å². The maximum Gasteiger partial charge on any atom is 0.255 e. The number of carbonyl (C=O) groups is 1. The lowest BCUT2D eigenvalue weighted by Crippen LogP contribution is -2.13. The van der Waals surface area contributed by atoms with Crippen LogP contribution in [0.4, 0.5) is 11.4 Å². The Balaban J connectivity index is 1.31.